The minimum atomic E-state index is -0.863. The predicted molar refractivity (Wildman–Crippen MR) is 96.6 cm³/mol. The molecule has 4 nitrogen and oxygen atoms in total. The Hall–Kier alpha value is -3.40. The third-order valence-corrected chi connectivity index (χ3v) is 3.70. The van der Waals surface area contributed by atoms with Crippen LogP contribution in [0.3, 0.4) is 0 Å². The maximum Gasteiger partial charge on any atom is 0.351 e. The van der Waals surface area contributed by atoms with Gasteiger partial charge < -0.3 is 9.52 Å². The van der Waals surface area contributed by atoms with E-state index in [2.05, 4.69) is 0 Å². The Morgan fingerprint density at radius 3 is 2.48 bits per heavy atom. The second kappa shape index (κ2) is 7.01. The Morgan fingerprint density at radius 2 is 1.80 bits per heavy atom. The first-order valence-corrected chi connectivity index (χ1v) is 7.76. The van der Waals surface area contributed by atoms with Crippen molar-refractivity contribution in [1.82, 2.24) is 0 Å². The van der Waals surface area contributed by atoms with Gasteiger partial charge in [-0.2, -0.15) is 0 Å². The maximum atomic E-state index is 12.3. The first kappa shape index (κ1) is 16.5. The summed E-state index contributed by atoms with van der Waals surface area (Å²) in [5.41, 5.74) is 1.30. The van der Waals surface area contributed by atoms with Gasteiger partial charge in [0.25, 0.3) is 0 Å². The Balaban J connectivity index is 1.92. The summed E-state index contributed by atoms with van der Waals surface area (Å²) in [6.45, 7) is 1.95. The zero-order chi connectivity index (χ0) is 17.8. The second-order valence-electron chi connectivity index (χ2n) is 5.64. The van der Waals surface area contributed by atoms with E-state index in [0.29, 0.717) is 5.56 Å². The molecule has 3 aromatic rings. The number of hydrogen-bond donors (Lipinski definition) is 1. The van der Waals surface area contributed by atoms with Crippen molar-refractivity contribution in [3.63, 3.8) is 0 Å². The van der Waals surface area contributed by atoms with E-state index in [9.17, 15) is 14.7 Å². The summed E-state index contributed by atoms with van der Waals surface area (Å²) in [6, 6.07) is 17.8. The van der Waals surface area contributed by atoms with E-state index in [1.165, 1.54) is 12.1 Å². The number of rotatable bonds is 4. The molecule has 0 atom stereocenters. The molecule has 0 fully saturated rings. The summed E-state index contributed by atoms with van der Waals surface area (Å²) in [5, 5.41) is 10.1. The summed E-state index contributed by atoms with van der Waals surface area (Å²) in [4.78, 5) is 24.4. The molecule has 0 aliphatic rings. The van der Waals surface area contributed by atoms with E-state index in [-0.39, 0.29) is 11.3 Å². The van der Waals surface area contributed by atoms with Crippen LogP contribution < -0.4 is 5.63 Å². The smallest absolute Gasteiger partial charge is 0.351 e. The fourth-order valence-corrected chi connectivity index (χ4v) is 2.48. The van der Waals surface area contributed by atoms with E-state index in [1.54, 1.807) is 30.3 Å². The molecule has 0 amide bonds. The first-order chi connectivity index (χ1) is 12.0. The highest BCUT2D eigenvalue weighted by atomic mass is 16.4. The quantitative estimate of drug-likeness (QED) is 0.574. The highest BCUT2D eigenvalue weighted by Crippen LogP contribution is 2.24. The van der Waals surface area contributed by atoms with Crippen molar-refractivity contribution in [2.24, 2.45) is 0 Å². The van der Waals surface area contributed by atoms with Crippen molar-refractivity contribution >= 4 is 11.9 Å². The number of carbonyl (C=O) groups excluding carboxylic acids is 1. The van der Waals surface area contributed by atoms with Gasteiger partial charge in [-0.25, -0.2) is 4.79 Å². The van der Waals surface area contributed by atoms with Crippen molar-refractivity contribution in [3.05, 3.63) is 93.9 Å². The van der Waals surface area contributed by atoms with Crippen LogP contribution in [0.5, 0.6) is 5.75 Å². The number of hydrogen-bond acceptors (Lipinski definition) is 4. The lowest BCUT2D eigenvalue weighted by Crippen LogP contribution is -2.12. The van der Waals surface area contributed by atoms with Crippen LogP contribution >= 0.6 is 0 Å². The molecule has 3 rings (SSSR count). The summed E-state index contributed by atoms with van der Waals surface area (Å²) in [7, 11) is 0. The van der Waals surface area contributed by atoms with Gasteiger partial charge in [-0.1, -0.05) is 66.2 Å². The van der Waals surface area contributed by atoms with Crippen molar-refractivity contribution < 1.29 is 14.3 Å². The zero-order valence-electron chi connectivity index (χ0n) is 13.6. The lowest BCUT2D eigenvalue weighted by atomic mass is 10.1. The molecule has 0 bridgehead atoms. The van der Waals surface area contributed by atoms with Crippen LogP contribution in [0.15, 0.2) is 76.0 Å². The molecule has 0 aliphatic carbocycles. The number of carbonyl (C=O) groups is 1. The molecule has 25 heavy (non-hydrogen) atoms. The first-order valence-electron chi connectivity index (χ1n) is 7.76. The zero-order valence-corrected chi connectivity index (χ0v) is 13.6. The molecule has 0 radical (unpaired) electrons. The Morgan fingerprint density at radius 1 is 1.04 bits per heavy atom. The van der Waals surface area contributed by atoms with Crippen LogP contribution in [0, 0.1) is 6.92 Å². The molecule has 1 heterocycles. The van der Waals surface area contributed by atoms with E-state index in [4.69, 9.17) is 4.42 Å². The van der Waals surface area contributed by atoms with Crippen molar-refractivity contribution in [2.45, 2.75) is 6.92 Å². The van der Waals surface area contributed by atoms with Crippen LogP contribution in [0.2, 0.25) is 0 Å². The average Bonchev–Trinajstić information content (AvgIpc) is 2.60. The van der Waals surface area contributed by atoms with E-state index in [1.807, 2.05) is 37.3 Å². The third-order valence-electron chi connectivity index (χ3n) is 3.70. The topological polar surface area (TPSA) is 67.5 Å². The molecule has 0 spiro atoms. The second-order valence-corrected chi connectivity index (χ2v) is 5.64. The Bertz CT molecular complexity index is 998. The molecule has 0 unspecified atom stereocenters. The molecule has 1 aromatic heterocycles. The number of aromatic hydroxyl groups is 1. The average molecular weight is 332 g/mol. The van der Waals surface area contributed by atoms with Crippen LogP contribution in [0.1, 0.15) is 21.5 Å². The van der Waals surface area contributed by atoms with Gasteiger partial charge in [0.05, 0.1) is 0 Å². The van der Waals surface area contributed by atoms with Gasteiger partial charge in [0.15, 0.2) is 5.78 Å². The molecular weight excluding hydrogens is 316 g/mol. The minimum Gasteiger partial charge on any atom is -0.507 e. The lowest BCUT2D eigenvalue weighted by Gasteiger charge is -2.04. The number of ketones is 1. The van der Waals surface area contributed by atoms with Crippen molar-refractivity contribution in [1.29, 1.82) is 0 Å². The number of benzene rings is 2. The molecule has 0 aliphatic heterocycles. The molecule has 0 saturated heterocycles. The third kappa shape index (κ3) is 3.75. The summed E-state index contributed by atoms with van der Waals surface area (Å²) in [6.07, 6.45) is 2.85. The predicted octanol–water partition coefficient (Wildman–Crippen LogP) is 4.22. The van der Waals surface area contributed by atoms with Crippen LogP contribution in [-0.2, 0) is 0 Å². The largest absolute Gasteiger partial charge is 0.507 e. The van der Waals surface area contributed by atoms with E-state index in [0.717, 1.165) is 11.1 Å². The molecule has 0 saturated carbocycles. The summed E-state index contributed by atoms with van der Waals surface area (Å²) in [5.74, 6) is -0.788. The SMILES string of the molecule is Cc1cccc(C=CC(=O)c2c(O)cc(-c3ccccc3)oc2=O)c1. The van der Waals surface area contributed by atoms with Crippen LogP contribution in [0.25, 0.3) is 17.4 Å². The molecule has 2 aromatic carbocycles. The molecule has 4 heteroatoms. The van der Waals surface area contributed by atoms with E-state index < -0.39 is 17.2 Å². The van der Waals surface area contributed by atoms with Gasteiger partial charge in [0, 0.05) is 11.6 Å². The molecule has 1 N–H and O–H groups in total. The normalized spacial score (nSPS) is 10.9. The number of aryl methyl sites for hydroxylation is 1. The highest BCUT2D eigenvalue weighted by molar-refractivity contribution is 6.08. The summed E-state index contributed by atoms with van der Waals surface area (Å²) >= 11 is 0. The fraction of sp³-hybridized carbons (Fsp3) is 0.0476. The van der Waals surface area contributed by atoms with Gasteiger partial charge in [0.1, 0.15) is 17.1 Å². The molecule has 124 valence electrons. The Labute approximate surface area is 144 Å². The van der Waals surface area contributed by atoms with Gasteiger partial charge in [-0.05, 0) is 18.6 Å². The highest BCUT2D eigenvalue weighted by Gasteiger charge is 2.17. The lowest BCUT2D eigenvalue weighted by molar-refractivity contribution is 0.104. The maximum absolute atomic E-state index is 12.3. The van der Waals surface area contributed by atoms with Gasteiger partial charge >= 0.3 is 5.63 Å². The molecular formula is C21H16O4. The fourth-order valence-electron chi connectivity index (χ4n) is 2.48. The van der Waals surface area contributed by atoms with Crippen LogP contribution in [0.4, 0.5) is 0 Å². The van der Waals surface area contributed by atoms with Gasteiger partial charge in [-0.15, -0.1) is 0 Å². The monoisotopic (exact) mass is 332 g/mol. The standard InChI is InChI=1S/C21H16O4/c1-14-6-5-7-15(12-14)10-11-17(22)20-18(23)13-19(25-21(20)24)16-8-3-2-4-9-16/h2-13,23H,1H3. The van der Waals surface area contributed by atoms with E-state index >= 15 is 0 Å². The van der Waals surface area contributed by atoms with Gasteiger partial charge in [0.2, 0.25) is 0 Å². The summed E-state index contributed by atoms with van der Waals surface area (Å²) < 4.78 is 5.20. The van der Waals surface area contributed by atoms with Crippen LogP contribution in [-0.4, -0.2) is 10.9 Å². The Kier molecular flexibility index (Phi) is 4.61. The van der Waals surface area contributed by atoms with Gasteiger partial charge in [-0.3, -0.25) is 4.79 Å². The van der Waals surface area contributed by atoms with Crippen molar-refractivity contribution in [3.8, 4) is 17.1 Å². The number of allylic oxidation sites excluding steroid dienone is 1. The minimum absolute atomic E-state index is 0.210. The van der Waals surface area contributed by atoms with Crippen molar-refractivity contribution in [2.75, 3.05) is 0 Å².